The molecule has 0 aliphatic heterocycles. The molecule has 0 bridgehead atoms. The monoisotopic (exact) mass is 245 g/mol. The highest BCUT2D eigenvalue weighted by atomic mass is 16.3. The van der Waals surface area contributed by atoms with Gasteiger partial charge in [-0.05, 0) is 30.5 Å². The zero-order valence-corrected chi connectivity index (χ0v) is 10.2. The van der Waals surface area contributed by atoms with E-state index in [0.29, 0.717) is 17.3 Å². The lowest BCUT2D eigenvalue weighted by molar-refractivity contribution is 0.112. The Bertz CT molecular complexity index is 643. The zero-order valence-electron chi connectivity index (χ0n) is 10.2. The smallest absolute Gasteiger partial charge is 0.205 e. The summed E-state index contributed by atoms with van der Waals surface area (Å²) in [6, 6.07) is 5.43. The van der Waals surface area contributed by atoms with Gasteiger partial charge in [-0.1, -0.05) is 19.4 Å². The van der Waals surface area contributed by atoms with Crippen LogP contribution < -0.4 is 11.2 Å². The number of unbranched alkanes of at least 4 members (excludes halogenated alkanes) is 1. The van der Waals surface area contributed by atoms with E-state index < -0.39 is 0 Å². The molecule has 0 aliphatic carbocycles. The van der Waals surface area contributed by atoms with Crippen molar-refractivity contribution in [1.29, 1.82) is 0 Å². The molecule has 0 saturated carbocycles. The molecule has 0 amide bonds. The van der Waals surface area contributed by atoms with Crippen LogP contribution in [0.1, 0.15) is 35.7 Å². The summed E-state index contributed by atoms with van der Waals surface area (Å²) in [5.74, 6) is -0.121. The number of carbonyl (C=O) groups is 1. The van der Waals surface area contributed by atoms with Gasteiger partial charge in [0.15, 0.2) is 6.29 Å². The number of anilines is 1. The molecule has 2 N–H and O–H groups in total. The molecule has 1 heterocycles. The normalized spacial score (nSPS) is 10.7. The molecule has 4 heteroatoms. The predicted molar refractivity (Wildman–Crippen MR) is 70.9 cm³/mol. The first kappa shape index (κ1) is 12.4. The summed E-state index contributed by atoms with van der Waals surface area (Å²) in [5.41, 5.74) is 6.55. The van der Waals surface area contributed by atoms with Crippen molar-refractivity contribution in [2.75, 3.05) is 5.73 Å². The van der Waals surface area contributed by atoms with Gasteiger partial charge < -0.3 is 10.2 Å². The second-order valence-electron chi connectivity index (χ2n) is 4.26. The molecule has 2 aromatic rings. The molecule has 4 nitrogen and oxygen atoms in total. The number of aryl methyl sites for hydroxylation is 1. The van der Waals surface area contributed by atoms with Gasteiger partial charge in [-0.3, -0.25) is 9.59 Å². The molecule has 0 atom stereocenters. The molecule has 1 aromatic carbocycles. The van der Waals surface area contributed by atoms with Crippen molar-refractivity contribution in [2.45, 2.75) is 26.2 Å². The Balaban J connectivity index is 2.61. The number of rotatable bonds is 4. The summed E-state index contributed by atoms with van der Waals surface area (Å²) in [6.45, 7) is 2.11. The first-order valence-electron chi connectivity index (χ1n) is 5.97. The van der Waals surface area contributed by atoms with E-state index in [1.807, 2.05) is 6.07 Å². The molecular weight excluding hydrogens is 230 g/mol. The molecule has 94 valence electrons. The van der Waals surface area contributed by atoms with Crippen molar-refractivity contribution >= 4 is 23.1 Å². The van der Waals surface area contributed by atoms with E-state index in [-0.39, 0.29) is 16.9 Å². The number of benzene rings is 1. The number of nitrogen functional groups attached to an aromatic ring is 1. The summed E-state index contributed by atoms with van der Waals surface area (Å²) >= 11 is 0. The molecule has 0 spiro atoms. The number of hydrogen-bond acceptors (Lipinski definition) is 4. The van der Waals surface area contributed by atoms with Gasteiger partial charge in [0.2, 0.25) is 11.3 Å². The molecule has 0 unspecified atom stereocenters. The van der Waals surface area contributed by atoms with Crippen LogP contribution in [-0.2, 0) is 6.42 Å². The third kappa shape index (κ3) is 2.14. The van der Waals surface area contributed by atoms with Gasteiger partial charge >= 0.3 is 0 Å². The second kappa shape index (κ2) is 5.04. The van der Waals surface area contributed by atoms with Crippen LogP contribution in [0.5, 0.6) is 0 Å². The van der Waals surface area contributed by atoms with Crippen molar-refractivity contribution in [3.8, 4) is 0 Å². The largest absolute Gasteiger partial charge is 0.440 e. The topological polar surface area (TPSA) is 73.3 Å². The van der Waals surface area contributed by atoms with Crippen LogP contribution in [0.25, 0.3) is 11.0 Å². The fourth-order valence-electron chi connectivity index (χ4n) is 1.92. The van der Waals surface area contributed by atoms with E-state index in [1.54, 1.807) is 12.1 Å². The Labute approximate surface area is 104 Å². The van der Waals surface area contributed by atoms with E-state index in [2.05, 4.69) is 6.92 Å². The molecule has 2 rings (SSSR count). The van der Waals surface area contributed by atoms with Gasteiger partial charge in [0.25, 0.3) is 0 Å². The van der Waals surface area contributed by atoms with Crippen LogP contribution in [0.3, 0.4) is 0 Å². The van der Waals surface area contributed by atoms with Gasteiger partial charge in [-0.2, -0.15) is 0 Å². The van der Waals surface area contributed by atoms with Gasteiger partial charge in [-0.15, -0.1) is 0 Å². The molecule has 0 saturated heterocycles. The second-order valence-corrected chi connectivity index (χ2v) is 4.26. The van der Waals surface area contributed by atoms with Gasteiger partial charge in [-0.25, -0.2) is 0 Å². The Morgan fingerprint density at radius 3 is 2.83 bits per heavy atom. The number of fused-ring (bicyclic) bond motifs is 1. The van der Waals surface area contributed by atoms with Crippen LogP contribution in [0.15, 0.2) is 27.4 Å². The van der Waals surface area contributed by atoms with Crippen molar-refractivity contribution in [3.05, 3.63) is 39.5 Å². The average molecular weight is 245 g/mol. The quantitative estimate of drug-likeness (QED) is 0.840. The van der Waals surface area contributed by atoms with E-state index >= 15 is 0 Å². The number of aldehydes is 1. The van der Waals surface area contributed by atoms with E-state index in [4.69, 9.17) is 10.2 Å². The fraction of sp³-hybridized carbons (Fsp3) is 0.286. The van der Waals surface area contributed by atoms with Gasteiger partial charge in [0.1, 0.15) is 11.1 Å². The predicted octanol–water partition coefficient (Wildman–Crippen LogP) is 2.53. The molecule has 0 aliphatic rings. The number of hydrogen-bond donors (Lipinski definition) is 1. The molecule has 0 fully saturated rings. The maximum absolute atomic E-state index is 12.0. The number of nitrogens with two attached hydrogens (primary N) is 1. The zero-order chi connectivity index (χ0) is 13.1. The first-order chi connectivity index (χ1) is 8.67. The Morgan fingerprint density at radius 1 is 1.39 bits per heavy atom. The van der Waals surface area contributed by atoms with E-state index in [0.717, 1.165) is 24.8 Å². The van der Waals surface area contributed by atoms with E-state index in [1.165, 1.54) is 0 Å². The van der Waals surface area contributed by atoms with E-state index in [9.17, 15) is 9.59 Å². The van der Waals surface area contributed by atoms with Crippen LogP contribution in [0, 0.1) is 0 Å². The third-order valence-electron chi connectivity index (χ3n) is 2.96. The molecular formula is C14H15NO3. The standard InChI is InChI=1S/C14H15NO3/c1-2-3-4-9-5-6-12-10(7-9)13(17)11(8-16)14(15)18-12/h5-8H,2-4,15H2,1H3. The minimum absolute atomic E-state index is 0.102. The Hall–Kier alpha value is -2.10. The number of carbonyl (C=O) groups excluding carboxylic acids is 1. The van der Waals surface area contributed by atoms with Gasteiger partial charge in [0.05, 0.1) is 5.39 Å². The maximum atomic E-state index is 12.0. The average Bonchev–Trinajstić information content (AvgIpc) is 2.37. The highest BCUT2D eigenvalue weighted by Gasteiger charge is 2.11. The highest BCUT2D eigenvalue weighted by molar-refractivity contribution is 5.89. The first-order valence-corrected chi connectivity index (χ1v) is 5.97. The van der Waals surface area contributed by atoms with Crippen molar-refractivity contribution in [3.63, 3.8) is 0 Å². The summed E-state index contributed by atoms with van der Waals surface area (Å²) in [7, 11) is 0. The summed E-state index contributed by atoms with van der Waals surface area (Å²) in [5, 5.41) is 0.417. The Morgan fingerprint density at radius 2 is 2.17 bits per heavy atom. The lowest BCUT2D eigenvalue weighted by atomic mass is 10.1. The summed E-state index contributed by atoms with van der Waals surface area (Å²) in [4.78, 5) is 22.8. The van der Waals surface area contributed by atoms with Crippen LogP contribution in [0.2, 0.25) is 0 Å². The van der Waals surface area contributed by atoms with Gasteiger partial charge in [0, 0.05) is 0 Å². The van der Waals surface area contributed by atoms with Crippen LogP contribution >= 0.6 is 0 Å². The highest BCUT2D eigenvalue weighted by Crippen LogP contribution is 2.18. The SMILES string of the molecule is CCCCc1ccc2oc(N)c(C=O)c(=O)c2c1. The van der Waals surface area contributed by atoms with Crippen molar-refractivity contribution < 1.29 is 9.21 Å². The minimum Gasteiger partial charge on any atom is -0.440 e. The molecule has 18 heavy (non-hydrogen) atoms. The molecule has 1 aromatic heterocycles. The van der Waals surface area contributed by atoms with Crippen molar-refractivity contribution in [2.24, 2.45) is 0 Å². The molecule has 0 radical (unpaired) electrons. The Kier molecular flexibility index (Phi) is 3.46. The van der Waals surface area contributed by atoms with Crippen LogP contribution in [0.4, 0.5) is 5.88 Å². The lowest BCUT2D eigenvalue weighted by Crippen LogP contribution is -2.11. The van der Waals surface area contributed by atoms with Crippen molar-refractivity contribution in [1.82, 2.24) is 0 Å². The van der Waals surface area contributed by atoms with Crippen LogP contribution in [-0.4, -0.2) is 6.29 Å². The fourth-order valence-corrected chi connectivity index (χ4v) is 1.92. The summed E-state index contributed by atoms with van der Waals surface area (Å²) in [6.07, 6.45) is 3.51. The minimum atomic E-state index is -0.359. The lowest BCUT2D eigenvalue weighted by Gasteiger charge is -2.04. The summed E-state index contributed by atoms with van der Waals surface area (Å²) < 4.78 is 5.27. The maximum Gasteiger partial charge on any atom is 0.205 e. The third-order valence-corrected chi connectivity index (χ3v) is 2.96.